The summed E-state index contributed by atoms with van der Waals surface area (Å²) in [5, 5.41) is 0. The van der Waals surface area contributed by atoms with Gasteiger partial charge >= 0.3 is 0 Å². The molecule has 0 radical (unpaired) electrons. The molecule has 1 aromatic carbocycles. The zero-order valence-electron chi connectivity index (χ0n) is 13.0. The van der Waals surface area contributed by atoms with E-state index in [4.69, 9.17) is 5.73 Å². The Morgan fingerprint density at radius 2 is 1.62 bits per heavy atom. The topological polar surface area (TPSA) is 29.3 Å². The Balaban J connectivity index is 1.55. The molecule has 0 saturated heterocycles. The smallest absolute Gasteiger partial charge is 0.0455 e. The monoisotopic (exact) mass is 284 g/mol. The van der Waals surface area contributed by atoms with Gasteiger partial charge in [0.2, 0.25) is 0 Å². The molecule has 0 heterocycles. The minimum atomic E-state index is 0.209. The predicted molar refractivity (Wildman–Crippen MR) is 87.1 cm³/mol. The maximum absolute atomic E-state index is 6.74. The van der Waals surface area contributed by atoms with Crippen LogP contribution in [-0.4, -0.2) is 24.0 Å². The Labute approximate surface area is 128 Å². The van der Waals surface area contributed by atoms with Crippen molar-refractivity contribution < 1.29 is 0 Å². The van der Waals surface area contributed by atoms with Gasteiger partial charge < -0.3 is 5.73 Å². The molecule has 4 rings (SSSR count). The summed E-state index contributed by atoms with van der Waals surface area (Å²) >= 11 is 0. The largest absolute Gasteiger partial charge is 0.323 e. The Bertz CT molecular complexity index is 476. The van der Waals surface area contributed by atoms with Gasteiger partial charge in [0.25, 0.3) is 0 Å². The quantitative estimate of drug-likeness (QED) is 0.838. The third kappa shape index (κ3) is 3.17. The standard InChI is InChI=1S/C19H28N2/c20-19-17-6-2-1-4-16(17)5-3-7-18(19)21(12-14-8-9-14)13-15-10-11-15/h1-2,4,6,14-15,18-19H,3,5,7-13,20H2. The van der Waals surface area contributed by atoms with Crippen molar-refractivity contribution in [1.82, 2.24) is 4.90 Å². The first-order valence-electron chi connectivity index (χ1n) is 8.88. The average Bonchev–Trinajstić information content (AvgIpc) is 3.35. The molecule has 2 nitrogen and oxygen atoms in total. The van der Waals surface area contributed by atoms with E-state index in [1.807, 2.05) is 0 Å². The van der Waals surface area contributed by atoms with Crippen molar-refractivity contribution in [1.29, 1.82) is 0 Å². The van der Waals surface area contributed by atoms with Gasteiger partial charge in [0.15, 0.2) is 0 Å². The molecule has 2 heteroatoms. The third-order valence-electron chi connectivity index (χ3n) is 5.62. The molecule has 2 saturated carbocycles. The van der Waals surface area contributed by atoms with Crippen LogP contribution in [0, 0.1) is 11.8 Å². The number of aryl methyl sites for hydroxylation is 1. The van der Waals surface area contributed by atoms with E-state index in [1.165, 1.54) is 69.2 Å². The third-order valence-corrected chi connectivity index (χ3v) is 5.62. The lowest BCUT2D eigenvalue weighted by molar-refractivity contribution is 0.148. The van der Waals surface area contributed by atoms with E-state index < -0.39 is 0 Å². The fourth-order valence-corrected chi connectivity index (χ4v) is 3.99. The Morgan fingerprint density at radius 3 is 2.29 bits per heavy atom. The number of rotatable bonds is 5. The van der Waals surface area contributed by atoms with E-state index in [0.29, 0.717) is 6.04 Å². The lowest BCUT2D eigenvalue weighted by Gasteiger charge is -2.35. The number of hydrogen-bond acceptors (Lipinski definition) is 2. The van der Waals surface area contributed by atoms with E-state index in [2.05, 4.69) is 29.2 Å². The van der Waals surface area contributed by atoms with Gasteiger partial charge in [-0.15, -0.1) is 0 Å². The maximum atomic E-state index is 6.74. The number of benzene rings is 1. The molecule has 3 aliphatic rings. The zero-order chi connectivity index (χ0) is 14.2. The minimum Gasteiger partial charge on any atom is -0.323 e. The second kappa shape index (κ2) is 5.73. The van der Waals surface area contributed by atoms with Crippen LogP contribution in [0.1, 0.15) is 55.7 Å². The highest BCUT2D eigenvalue weighted by Crippen LogP contribution is 2.38. The highest BCUT2D eigenvalue weighted by atomic mass is 15.2. The summed E-state index contributed by atoms with van der Waals surface area (Å²) < 4.78 is 0. The Hall–Kier alpha value is -0.860. The van der Waals surface area contributed by atoms with Crippen molar-refractivity contribution in [3.63, 3.8) is 0 Å². The lowest BCUT2D eigenvalue weighted by Crippen LogP contribution is -2.44. The molecule has 0 spiro atoms. The Morgan fingerprint density at radius 1 is 0.952 bits per heavy atom. The number of hydrogen-bond donors (Lipinski definition) is 1. The minimum absolute atomic E-state index is 0.209. The summed E-state index contributed by atoms with van der Waals surface area (Å²) in [5.74, 6) is 1.93. The second-order valence-electron chi connectivity index (χ2n) is 7.52. The van der Waals surface area contributed by atoms with Gasteiger partial charge in [-0.25, -0.2) is 0 Å². The van der Waals surface area contributed by atoms with Crippen LogP contribution in [0.15, 0.2) is 24.3 Å². The number of fused-ring (bicyclic) bond motifs is 1. The average molecular weight is 284 g/mol. The molecule has 0 amide bonds. The van der Waals surface area contributed by atoms with Crippen LogP contribution in [0.3, 0.4) is 0 Å². The van der Waals surface area contributed by atoms with Gasteiger partial charge in [0.1, 0.15) is 0 Å². The van der Waals surface area contributed by atoms with Crippen molar-refractivity contribution >= 4 is 0 Å². The van der Waals surface area contributed by atoms with Crippen LogP contribution in [-0.2, 0) is 6.42 Å². The summed E-state index contributed by atoms with van der Waals surface area (Å²) in [5.41, 5.74) is 9.65. The van der Waals surface area contributed by atoms with Crippen LogP contribution in [0.5, 0.6) is 0 Å². The van der Waals surface area contributed by atoms with Gasteiger partial charge in [-0.05, 0) is 67.9 Å². The number of nitrogens with two attached hydrogens (primary N) is 1. The first kappa shape index (κ1) is 13.8. The van der Waals surface area contributed by atoms with Gasteiger partial charge in [-0.2, -0.15) is 0 Å². The molecule has 2 unspecified atom stereocenters. The summed E-state index contributed by atoms with van der Waals surface area (Å²) in [4.78, 5) is 2.78. The van der Waals surface area contributed by atoms with Gasteiger partial charge in [-0.1, -0.05) is 24.3 Å². The van der Waals surface area contributed by atoms with Crippen LogP contribution >= 0.6 is 0 Å². The highest BCUT2D eigenvalue weighted by Gasteiger charge is 2.36. The Kier molecular flexibility index (Phi) is 3.76. The molecular formula is C19H28N2. The van der Waals surface area contributed by atoms with Gasteiger partial charge in [0.05, 0.1) is 0 Å². The molecule has 114 valence electrons. The van der Waals surface area contributed by atoms with Crippen LogP contribution in [0.2, 0.25) is 0 Å². The van der Waals surface area contributed by atoms with Crippen LogP contribution in [0.4, 0.5) is 0 Å². The first-order valence-corrected chi connectivity index (χ1v) is 8.88. The molecule has 21 heavy (non-hydrogen) atoms. The van der Waals surface area contributed by atoms with E-state index in [1.54, 1.807) is 0 Å². The highest BCUT2D eigenvalue weighted by molar-refractivity contribution is 5.32. The molecule has 2 fully saturated rings. The predicted octanol–water partition coefficient (Wildman–Crippen LogP) is 3.51. The SMILES string of the molecule is NC1c2ccccc2CCCC1N(CC1CC1)CC1CC1. The summed E-state index contributed by atoms with van der Waals surface area (Å²) in [6, 6.07) is 9.65. The molecule has 0 aliphatic heterocycles. The zero-order valence-corrected chi connectivity index (χ0v) is 13.0. The molecule has 3 aliphatic carbocycles. The molecule has 0 bridgehead atoms. The maximum Gasteiger partial charge on any atom is 0.0455 e. The normalized spacial score (nSPS) is 29.2. The van der Waals surface area contributed by atoms with Gasteiger partial charge in [0, 0.05) is 25.2 Å². The summed E-state index contributed by atoms with van der Waals surface area (Å²) in [6.07, 6.45) is 9.55. The van der Waals surface area contributed by atoms with Crippen LogP contribution in [0.25, 0.3) is 0 Å². The van der Waals surface area contributed by atoms with E-state index in [-0.39, 0.29) is 6.04 Å². The molecular weight excluding hydrogens is 256 g/mol. The molecule has 0 aromatic heterocycles. The van der Waals surface area contributed by atoms with Crippen molar-refractivity contribution in [2.24, 2.45) is 17.6 Å². The van der Waals surface area contributed by atoms with Gasteiger partial charge in [-0.3, -0.25) is 4.90 Å². The van der Waals surface area contributed by atoms with E-state index in [9.17, 15) is 0 Å². The van der Waals surface area contributed by atoms with E-state index in [0.717, 1.165) is 11.8 Å². The fraction of sp³-hybridized carbons (Fsp3) is 0.684. The van der Waals surface area contributed by atoms with Crippen molar-refractivity contribution in [2.45, 2.75) is 57.0 Å². The van der Waals surface area contributed by atoms with Crippen molar-refractivity contribution in [2.75, 3.05) is 13.1 Å². The summed E-state index contributed by atoms with van der Waals surface area (Å²) in [7, 11) is 0. The first-order chi connectivity index (χ1) is 10.3. The van der Waals surface area contributed by atoms with Crippen molar-refractivity contribution in [3.05, 3.63) is 35.4 Å². The van der Waals surface area contributed by atoms with Crippen LogP contribution < -0.4 is 5.73 Å². The molecule has 2 atom stereocenters. The molecule has 1 aromatic rings. The fourth-order valence-electron chi connectivity index (χ4n) is 3.99. The lowest BCUT2D eigenvalue weighted by atomic mass is 9.95. The second-order valence-corrected chi connectivity index (χ2v) is 7.52. The van der Waals surface area contributed by atoms with E-state index >= 15 is 0 Å². The number of nitrogens with zero attached hydrogens (tertiary/aromatic N) is 1. The summed E-state index contributed by atoms with van der Waals surface area (Å²) in [6.45, 7) is 2.61. The van der Waals surface area contributed by atoms with Crippen molar-refractivity contribution in [3.8, 4) is 0 Å². The molecule has 2 N–H and O–H groups in total.